The molecule has 1 heterocycles. The lowest BCUT2D eigenvalue weighted by Crippen LogP contribution is -2.35. The van der Waals surface area contributed by atoms with Crippen LogP contribution in [-0.4, -0.2) is 23.5 Å². The predicted octanol–water partition coefficient (Wildman–Crippen LogP) is 2.27. The van der Waals surface area contributed by atoms with E-state index in [1.165, 1.54) is 0 Å². The van der Waals surface area contributed by atoms with Crippen molar-refractivity contribution >= 4 is 11.8 Å². The zero-order valence-corrected chi connectivity index (χ0v) is 11.9. The molecule has 0 radical (unpaired) electrons. The standard InChI is InChI=1S/C12H15F3N2O4/c1-11(2,3)21-10(19)16-7-5-6-8(12(13,14)15)17(20-4)9(7)18/h5-6H,1-4H3,(H,16,19). The highest BCUT2D eigenvalue weighted by molar-refractivity contribution is 5.84. The Morgan fingerprint density at radius 1 is 1.24 bits per heavy atom. The summed E-state index contributed by atoms with van der Waals surface area (Å²) in [6, 6.07) is 1.46. The lowest BCUT2D eigenvalue weighted by molar-refractivity contribution is -0.151. The minimum atomic E-state index is -4.76. The first kappa shape index (κ1) is 16.9. The number of halogens is 3. The third kappa shape index (κ3) is 4.40. The van der Waals surface area contributed by atoms with E-state index in [1.54, 1.807) is 20.8 Å². The second kappa shape index (κ2) is 5.66. The van der Waals surface area contributed by atoms with Crippen molar-refractivity contribution in [2.24, 2.45) is 0 Å². The smallest absolute Gasteiger partial charge is 0.434 e. The van der Waals surface area contributed by atoms with Crippen LogP contribution in [0.5, 0.6) is 0 Å². The van der Waals surface area contributed by atoms with Crippen molar-refractivity contribution in [2.75, 3.05) is 12.4 Å². The number of nitrogens with zero attached hydrogens (tertiary/aromatic N) is 1. The van der Waals surface area contributed by atoms with Crippen LogP contribution < -0.4 is 15.7 Å². The molecular formula is C12H15F3N2O4. The fourth-order valence-electron chi connectivity index (χ4n) is 1.42. The molecule has 9 heteroatoms. The van der Waals surface area contributed by atoms with E-state index in [-0.39, 0.29) is 10.4 Å². The van der Waals surface area contributed by atoms with Crippen LogP contribution >= 0.6 is 0 Å². The second-order valence-corrected chi connectivity index (χ2v) is 5.04. The SMILES string of the molecule is COn1c(C(F)(F)F)ccc(NC(=O)OC(C)(C)C)c1=O. The van der Waals surface area contributed by atoms with Crippen LogP contribution in [0.1, 0.15) is 26.5 Å². The Bertz CT molecular complexity index is 588. The number of nitrogens with one attached hydrogen (secondary N) is 1. The molecule has 1 N–H and O–H groups in total. The first-order valence-electron chi connectivity index (χ1n) is 5.83. The molecule has 0 bridgehead atoms. The molecular weight excluding hydrogens is 293 g/mol. The van der Waals surface area contributed by atoms with Gasteiger partial charge in [-0.25, -0.2) is 4.79 Å². The minimum absolute atomic E-state index is 0.0483. The molecule has 1 aromatic heterocycles. The largest absolute Gasteiger partial charge is 0.444 e. The summed E-state index contributed by atoms with van der Waals surface area (Å²) in [6.45, 7) is 4.81. The molecule has 0 unspecified atom stereocenters. The van der Waals surface area contributed by atoms with Crippen molar-refractivity contribution < 1.29 is 27.5 Å². The summed E-state index contributed by atoms with van der Waals surface area (Å²) in [7, 11) is 0.911. The quantitative estimate of drug-likeness (QED) is 0.910. The van der Waals surface area contributed by atoms with Crippen LogP contribution in [0.2, 0.25) is 0 Å². The summed E-state index contributed by atoms with van der Waals surface area (Å²) >= 11 is 0. The van der Waals surface area contributed by atoms with E-state index in [1.807, 2.05) is 0 Å². The van der Waals surface area contributed by atoms with Gasteiger partial charge in [0.05, 0.1) is 0 Å². The van der Waals surface area contributed by atoms with Crippen LogP contribution in [0.3, 0.4) is 0 Å². The van der Waals surface area contributed by atoms with Crippen LogP contribution in [0.25, 0.3) is 0 Å². The average Bonchev–Trinajstić information content (AvgIpc) is 2.27. The zero-order valence-electron chi connectivity index (χ0n) is 11.9. The van der Waals surface area contributed by atoms with Crippen molar-refractivity contribution in [3.63, 3.8) is 0 Å². The summed E-state index contributed by atoms with van der Waals surface area (Å²) in [5.74, 6) is 0. The van der Waals surface area contributed by atoms with Crippen molar-refractivity contribution in [3.8, 4) is 0 Å². The van der Waals surface area contributed by atoms with Crippen molar-refractivity contribution in [1.29, 1.82) is 0 Å². The van der Waals surface area contributed by atoms with E-state index >= 15 is 0 Å². The Labute approximate surface area is 118 Å². The van der Waals surface area contributed by atoms with Gasteiger partial charge < -0.3 is 9.57 Å². The highest BCUT2D eigenvalue weighted by Gasteiger charge is 2.36. The van der Waals surface area contributed by atoms with E-state index in [0.29, 0.717) is 6.07 Å². The number of aromatic nitrogens is 1. The number of anilines is 1. The van der Waals surface area contributed by atoms with E-state index in [0.717, 1.165) is 13.2 Å². The third-order valence-electron chi connectivity index (χ3n) is 2.15. The van der Waals surface area contributed by atoms with Gasteiger partial charge in [0.2, 0.25) is 0 Å². The second-order valence-electron chi connectivity index (χ2n) is 5.04. The molecule has 0 atom stereocenters. The lowest BCUT2D eigenvalue weighted by atomic mass is 10.2. The van der Waals surface area contributed by atoms with Crippen LogP contribution in [0, 0.1) is 0 Å². The van der Waals surface area contributed by atoms with Gasteiger partial charge in [-0.05, 0) is 32.9 Å². The normalized spacial score (nSPS) is 12.0. The molecule has 6 nitrogen and oxygen atoms in total. The number of pyridine rings is 1. The van der Waals surface area contributed by atoms with Gasteiger partial charge in [-0.1, -0.05) is 0 Å². The van der Waals surface area contributed by atoms with Crippen LogP contribution in [-0.2, 0) is 10.9 Å². The molecule has 1 aromatic rings. The van der Waals surface area contributed by atoms with Crippen molar-refractivity contribution in [1.82, 2.24) is 4.73 Å². The molecule has 0 saturated heterocycles. The summed E-state index contributed by atoms with van der Waals surface area (Å²) < 4.78 is 43.0. The minimum Gasteiger partial charge on any atom is -0.444 e. The van der Waals surface area contributed by atoms with Gasteiger partial charge in [-0.2, -0.15) is 13.2 Å². The molecule has 0 saturated carbocycles. The van der Waals surface area contributed by atoms with Gasteiger partial charge in [0.15, 0.2) is 5.69 Å². The monoisotopic (exact) mass is 308 g/mol. The highest BCUT2D eigenvalue weighted by Crippen LogP contribution is 2.28. The number of rotatable bonds is 2. The van der Waals surface area contributed by atoms with Crippen LogP contribution in [0.4, 0.5) is 23.7 Å². The van der Waals surface area contributed by atoms with Gasteiger partial charge in [-0.3, -0.25) is 10.1 Å². The number of hydrogen-bond donors (Lipinski definition) is 1. The van der Waals surface area contributed by atoms with Gasteiger partial charge in [0, 0.05) is 0 Å². The van der Waals surface area contributed by atoms with Gasteiger partial charge >= 0.3 is 17.8 Å². The van der Waals surface area contributed by atoms with Crippen molar-refractivity contribution in [3.05, 3.63) is 28.2 Å². The number of alkyl halides is 3. The fourth-order valence-corrected chi connectivity index (χ4v) is 1.42. The maximum absolute atomic E-state index is 12.7. The Balaban J connectivity index is 3.13. The van der Waals surface area contributed by atoms with Crippen LogP contribution in [0.15, 0.2) is 16.9 Å². The number of carbonyl (C=O) groups is 1. The van der Waals surface area contributed by atoms with Gasteiger partial charge in [0.25, 0.3) is 0 Å². The average molecular weight is 308 g/mol. The van der Waals surface area contributed by atoms with E-state index in [9.17, 15) is 22.8 Å². The topological polar surface area (TPSA) is 69.6 Å². The third-order valence-corrected chi connectivity index (χ3v) is 2.15. The van der Waals surface area contributed by atoms with Crippen molar-refractivity contribution in [2.45, 2.75) is 32.5 Å². The van der Waals surface area contributed by atoms with E-state index < -0.39 is 29.1 Å². The maximum Gasteiger partial charge on any atom is 0.434 e. The number of hydrogen-bond acceptors (Lipinski definition) is 4. The summed E-state index contributed by atoms with van der Waals surface area (Å²) in [6.07, 6.45) is -5.72. The summed E-state index contributed by atoms with van der Waals surface area (Å²) in [4.78, 5) is 27.8. The highest BCUT2D eigenvalue weighted by atomic mass is 19.4. The Kier molecular flexibility index (Phi) is 4.55. The Hall–Kier alpha value is -2.19. The molecule has 0 aliphatic rings. The lowest BCUT2D eigenvalue weighted by Gasteiger charge is -2.20. The fraction of sp³-hybridized carbons (Fsp3) is 0.500. The Morgan fingerprint density at radius 2 is 1.81 bits per heavy atom. The molecule has 1 amide bonds. The van der Waals surface area contributed by atoms with E-state index in [2.05, 4.69) is 10.2 Å². The molecule has 1 rings (SSSR count). The maximum atomic E-state index is 12.7. The number of ether oxygens (including phenoxy) is 1. The molecule has 0 aliphatic carbocycles. The van der Waals surface area contributed by atoms with Gasteiger partial charge in [0.1, 0.15) is 18.4 Å². The molecule has 0 spiro atoms. The number of amides is 1. The summed E-state index contributed by atoms with van der Waals surface area (Å²) in [5, 5.41) is 2.08. The number of carbonyl (C=O) groups excluding carboxylic acids is 1. The summed E-state index contributed by atoms with van der Waals surface area (Å²) in [5.41, 5.74) is -3.64. The molecule has 0 fully saturated rings. The predicted molar refractivity (Wildman–Crippen MR) is 68.1 cm³/mol. The molecule has 0 aliphatic heterocycles. The zero-order chi connectivity index (χ0) is 16.4. The molecule has 0 aromatic carbocycles. The van der Waals surface area contributed by atoms with E-state index in [4.69, 9.17) is 4.74 Å². The molecule has 21 heavy (non-hydrogen) atoms. The Morgan fingerprint density at radius 3 is 2.24 bits per heavy atom. The first-order valence-corrected chi connectivity index (χ1v) is 5.83. The molecule has 118 valence electrons. The van der Waals surface area contributed by atoms with Gasteiger partial charge in [-0.15, -0.1) is 4.73 Å². The first-order chi connectivity index (χ1) is 9.45.